The molecule has 28 heavy (non-hydrogen) atoms. The zero-order valence-electron chi connectivity index (χ0n) is 15.6. The topological polar surface area (TPSA) is 92.2 Å². The van der Waals surface area contributed by atoms with Gasteiger partial charge in [-0.3, -0.25) is 0 Å². The van der Waals surface area contributed by atoms with Crippen molar-refractivity contribution in [2.45, 2.75) is 38.7 Å². The zero-order chi connectivity index (χ0) is 20.1. The van der Waals surface area contributed by atoms with Crippen molar-refractivity contribution in [3.05, 3.63) is 35.6 Å². The molecule has 2 aliphatic rings. The molecular formula is C18H23ClN4O4S. The Morgan fingerprint density at radius 2 is 2.07 bits per heavy atom. The molecule has 1 aromatic rings. The molecule has 152 valence electrons. The fourth-order valence-corrected chi connectivity index (χ4v) is 4.82. The van der Waals surface area contributed by atoms with Crippen LogP contribution in [0.2, 0.25) is 5.02 Å². The third-order valence-corrected chi connectivity index (χ3v) is 6.74. The largest absolute Gasteiger partial charge is 0.474 e. The first-order chi connectivity index (χ1) is 13.4. The van der Waals surface area contributed by atoms with Crippen molar-refractivity contribution in [2.24, 2.45) is 4.99 Å². The zero-order valence-corrected chi connectivity index (χ0v) is 17.2. The summed E-state index contributed by atoms with van der Waals surface area (Å²) < 4.78 is 34.7. The number of pyridine rings is 1. The molecule has 1 aromatic heterocycles. The van der Waals surface area contributed by atoms with Crippen molar-refractivity contribution >= 4 is 33.4 Å². The van der Waals surface area contributed by atoms with E-state index in [1.165, 1.54) is 21.7 Å². The quantitative estimate of drug-likeness (QED) is 0.667. The van der Waals surface area contributed by atoms with E-state index in [0.29, 0.717) is 49.1 Å². The molecule has 0 aliphatic carbocycles. The van der Waals surface area contributed by atoms with Crippen LogP contribution in [0.4, 0.5) is 0 Å². The molecule has 0 amide bonds. The van der Waals surface area contributed by atoms with E-state index < -0.39 is 10.2 Å². The summed E-state index contributed by atoms with van der Waals surface area (Å²) in [6.45, 7) is 2.41. The van der Waals surface area contributed by atoms with Crippen molar-refractivity contribution in [3.8, 4) is 5.88 Å². The van der Waals surface area contributed by atoms with Gasteiger partial charge in [-0.25, -0.2) is 14.3 Å². The summed E-state index contributed by atoms with van der Waals surface area (Å²) in [5, 5.41) is 0.533. The Hall–Kier alpha value is -1.97. The molecule has 3 rings (SSSR count). The number of ether oxygens (including phenoxy) is 1. The van der Waals surface area contributed by atoms with Gasteiger partial charge in [-0.1, -0.05) is 11.6 Å². The molecule has 0 N–H and O–H groups in total. The summed E-state index contributed by atoms with van der Waals surface area (Å²) in [6, 6.07) is 3.40. The minimum atomic E-state index is -3.70. The van der Waals surface area contributed by atoms with Crippen LogP contribution < -0.4 is 4.74 Å². The number of aliphatic imine (C=N–C) groups is 1. The Kier molecular flexibility index (Phi) is 6.69. The van der Waals surface area contributed by atoms with Crippen LogP contribution in [0.1, 0.15) is 32.6 Å². The maximum absolute atomic E-state index is 13.1. The number of hydrogen-bond acceptors (Lipinski definition) is 6. The molecule has 0 radical (unpaired) electrons. The summed E-state index contributed by atoms with van der Waals surface area (Å²) in [5.41, 5.74) is 0. The number of piperidine rings is 1. The molecule has 0 unspecified atom stereocenters. The van der Waals surface area contributed by atoms with E-state index in [4.69, 9.17) is 16.3 Å². The first-order valence-electron chi connectivity index (χ1n) is 9.13. The van der Waals surface area contributed by atoms with Crippen LogP contribution in [-0.4, -0.2) is 59.4 Å². The standard InChI is InChI=1S/C18H23ClN4O4S/c1-14(24)3-5-17-20-9-2-10-23(17)28(25,26)22-11-7-16(8-12-22)27-18-6-4-15(19)13-21-18/h2,4,6,9,13,16H,3,5,7-8,10-12H2,1H3. The third kappa shape index (κ3) is 5.09. The number of ketones is 1. The molecular weight excluding hydrogens is 404 g/mol. The Labute approximate surface area is 170 Å². The SMILES string of the molecule is CC(=O)CCC1=NC=CCN1S(=O)(=O)N1CCC(Oc2ccc(Cl)cn2)CC1. The van der Waals surface area contributed by atoms with Gasteiger partial charge in [0.15, 0.2) is 0 Å². The van der Waals surface area contributed by atoms with Crippen LogP contribution in [0.15, 0.2) is 35.6 Å². The Morgan fingerprint density at radius 1 is 1.32 bits per heavy atom. The van der Waals surface area contributed by atoms with Crippen molar-refractivity contribution < 1.29 is 17.9 Å². The van der Waals surface area contributed by atoms with Gasteiger partial charge in [-0.2, -0.15) is 12.7 Å². The lowest BCUT2D eigenvalue weighted by Crippen LogP contribution is -2.51. The predicted molar refractivity (Wildman–Crippen MR) is 107 cm³/mol. The van der Waals surface area contributed by atoms with E-state index in [2.05, 4.69) is 9.98 Å². The number of rotatable bonds is 7. The van der Waals surface area contributed by atoms with Crippen LogP contribution in [0.3, 0.4) is 0 Å². The van der Waals surface area contributed by atoms with Gasteiger partial charge in [-0.15, -0.1) is 0 Å². The smallest absolute Gasteiger partial charge is 0.305 e. The van der Waals surface area contributed by atoms with Gasteiger partial charge in [-0.05, 0) is 31.9 Å². The molecule has 10 heteroatoms. The molecule has 0 saturated carbocycles. The summed E-state index contributed by atoms with van der Waals surface area (Å²) in [5.74, 6) is 0.885. The van der Waals surface area contributed by atoms with E-state index in [1.54, 1.807) is 24.4 Å². The maximum atomic E-state index is 13.1. The van der Waals surface area contributed by atoms with Crippen LogP contribution in [-0.2, 0) is 15.0 Å². The van der Waals surface area contributed by atoms with Gasteiger partial charge in [0, 0.05) is 44.4 Å². The number of carbonyl (C=O) groups is 1. The first-order valence-corrected chi connectivity index (χ1v) is 10.9. The van der Waals surface area contributed by atoms with Gasteiger partial charge < -0.3 is 9.53 Å². The second-order valence-corrected chi connectivity index (χ2v) is 8.99. The lowest BCUT2D eigenvalue weighted by atomic mass is 10.1. The van der Waals surface area contributed by atoms with Crippen LogP contribution >= 0.6 is 11.6 Å². The fraction of sp³-hybridized carbons (Fsp3) is 0.500. The number of halogens is 1. The van der Waals surface area contributed by atoms with E-state index in [0.717, 1.165) is 0 Å². The molecule has 0 aromatic carbocycles. The summed E-state index contributed by atoms with van der Waals surface area (Å²) in [4.78, 5) is 19.6. The van der Waals surface area contributed by atoms with Gasteiger partial charge in [0.25, 0.3) is 0 Å². The van der Waals surface area contributed by atoms with Gasteiger partial charge in [0.2, 0.25) is 5.88 Å². The highest BCUT2D eigenvalue weighted by Gasteiger charge is 2.35. The van der Waals surface area contributed by atoms with Crippen LogP contribution in [0.5, 0.6) is 5.88 Å². The number of carbonyl (C=O) groups excluding carboxylic acids is 1. The van der Waals surface area contributed by atoms with Crippen LogP contribution in [0.25, 0.3) is 0 Å². The number of aromatic nitrogens is 1. The molecule has 3 heterocycles. The number of amidine groups is 1. The average Bonchev–Trinajstić information content (AvgIpc) is 2.69. The molecule has 2 aliphatic heterocycles. The Balaban J connectivity index is 1.60. The minimum absolute atomic E-state index is 0.00312. The highest BCUT2D eigenvalue weighted by Crippen LogP contribution is 2.23. The lowest BCUT2D eigenvalue weighted by molar-refractivity contribution is -0.116. The van der Waals surface area contributed by atoms with E-state index in [-0.39, 0.29) is 24.9 Å². The molecule has 0 bridgehead atoms. The van der Waals surface area contributed by atoms with Crippen LogP contribution in [0, 0.1) is 0 Å². The minimum Gasteiger partial charge on any atom is -0.474 e. The number of Topliss-reactive ketones (excluding diaryl/α,β-unsaturated/α-hetero) is 1. The predicted octanol–water partition coefficient (Wildman–Crippen LogP) is 2.42. The number of nitrogens with zero attached hydrogens (tertiary/aromatic N) is 4. The molecule has 1 saturated heterocycles. The molecule has 8 nitrogen and oxygen atoms in total. The third-order valence-electron chi connectivity index (χ3n) is 4.58. The summed E-state index contributed by atoms with van der Waals surface area (Å²) in [6.07, 6.45) is 6.39. The van der Waals surface area contributed by atoms with Crippen molar-refractivity contribution in [3.63, 3.8) is 0 Å². The Bertz CT molecular complexity index is 862. The second kappa shape index (κ2) is 9.02. The van der Waals surface area contributed by atoms with Crippen molar-refractivity contribution in [1.82, 2.24) is 13.6 Å². The van der Waals surface area contributed by atoms with Crippen molar-refractivity contribution in [2.75, 3.05) is 19.6 Å². The molecule has 1 fully saturated rings. The van der Waals surface area contributed by atoms with E-state index >= 15 is 0 Å². The van der Waals surface area contributed by atoms with E-state index in [9.17, 15) is 13.2 Å². The maximum Gasteiger partial charge on any atom is 0.305 e. The highest BCUT2D eigenvalue weighted by molar-refractivity contribution is 7.87. The molecule has 0 spiro atoms. The van der Waals surface area contributed by atoms with Gasteiger partial charge >= 0.3 is 10.2 Å². The average molecular weight is 427 g/mol. The summed E-state index contributed by atoms with van der Waals surface area (Å²) in [7, 11) is -3.70. The second-order valence-electron chi connectivity index (χ2n) is 6.70. The van der Waals surface area contributed by atoms with Crippen molar-refractivity contribution in [1.29, 1.82) is 0 Å². The van der Waals surface area contributed by atoms with Gasteiger partial charge in [0.05, 0.1) is 11.6 Å². The van der Waals surface area contributed by atoms with E-state index in [1.807, 2.05) is 0 Å². The molecule has 0 atom stereocenters. The lowest BCUT2D eigenvalue weighted by Gasteiger charge is -2.36. The fourth-order valence-electron chi connectivity index (χ4n) is 3.08. The number of hydrogen-bond donors (Lipinski definition) is 0. The monoisotopic (exact) mass is 426 g/mol. The summed E-state index contributed by atoms with van der Waals surface area (Å²) >= 11 is 5.82. The highest BCUT2D eigenvalue weighted by atomic mass is 35.5. The first kappa shape index (κ1) is 20.8. The van der Waals surface area contributed by atoms with Gasteiger partial charge in [0.1, 0.15) is 17.7 Å². The Morgan fingerprint density at radius 3 is 2.71 bits per heavy atom. The normalized spacial score (nSPS) is 18.8.